The monoisotopic (exact) mass is 562 g/mol. The maximum absolute atomic E-state index is 10.1. The van der Waals surface area contributed by atoms with Gasteiger partial charge in [-0.1, -0.05) is 114 Å². The molecule has 0 aromatic carbocycles. The van der Waals surface area contributed by atoms with Gasteiger partial charge in [0.25, 0.3) is 0 Å². The Kier molecular flexibility index (Phi) is 44.3. The van der Waals surface area contributed by atoms with Crippen molar-refractivity contribution >= 4 is 6.29 Å². The van der Waals surface area contributed by atoms with Crippen LogP contribution in [0.1, 0.15) is 156 Å². The Balaban J connectivity index is -0.000000689. The molecular formula is C36H63FO3. The molecule has 232 valence electrons. The van der Waals surface area contributed by atoms with E-state index < -0.39 is 0 Å². The van der Waals surface area contributed by atoms with E-state index in [1.165, 1.54) is 89.9 Å². The summed E-state index contributed by atoms with van der Waals surface area (Å²) >= 11 is 0. The van der Waals surface area contributed by atoms with Crippen LogP contribution in [0.3, 0.4) is 0 Å². The normalized spacial score (nSPS) is 10.4. The van der Waals surface area contributed by atoms with Crippen molar-refractivity contribution in [2.75, 3.05) is 13.2 Å². The zero-order chi connectivity index (χ0) is 28.9. The summed E-state index contributed by atoms with van der Waals surface area (Å²) in [5, 5.41) is 0. The fourth-order valence-corrected chi connectivity index (χ4v) is 4.00. The number of allylic oxidation sites excluding steroid dienone is 4. The lowest BCUT2D eigenvalue weighted by Crippen LogP contribution is -2.17. The van der Waals surface area contributed by atoms with Gasteiger partial charge in [-0.25, -0.2) is 0 Å². The molecule has 0 heterocycles. The van der Waals surface area contributed by atoms with Gasteiger partial charge in [0.1, 0.15) is 6.29 Å². The maximum atomic E-state index is 10.1. The molecule has 0 atom stereocenters. The van der Waals surface area contributed by atoms with Gasteiger partial charge in [-0.2, -0.15) is 0 Å². The first kappa shape index (κ1) is 42.6. The SMILES string of the molecule is CC/C=C\C=C/CCCCCCCCCC=O.CCC#CC#CCCCCCCCCCC(OCC)OCC.F. The predicted octanol–water partition coefficient (Wildman–Crippen LogP) is 10.7. The molecule has 0 aromatic heterocycles. The molecule has 0 amide bonds. The summed E-state index contributed by atoms with van der Waals surface area (Å²) in [7, 11) is 0. The number of carbonyl (C=O) groups is 1. The lowest BCUT2D eigenvalue weighted by molar-refractivity contribution is -0.140. The maximum Gasteiger partial charge on any atom is 0.157 e. The standard InChI is InChI=1S/C20H34O2.C16H28O.FH/c1-4-7-8-9-10-11-12-13-14-15-16-17-18-19-20(21-5-2)22-6-3;1-2-3-4-5-6-7-8-9-10-11-12-13-14-15-16-17;/h20H,4-6,11-19H2,1-3H3;3-6,16H,2,7-15H2,1H3;1H/b;4-3-,6-5-;. The van der Waals surface area contributed by atoms with Gasteiger partial charge in [-0.3, -0.25) is 4.70 Å². The molecule has 0 spiro atoms. The first-order valence-corrected chi connectivity index (χ1v) is 16.2. The Morgan fingerprint density at radius 2 is 1.10 bits per heavy atom. The van der Waals surface area contributed by atoms with E-state index in [1.807, 2.05) is 20.8 Å². The van der Waals surface area contributed by atoms with E-state index in [0.717, 1.165) is 58.0 Å². The number of ether oxygens (including phenoxy) is 2. The minimum Gasteiger partial charge on any atom is -0.353 e. The highest BCUT2D eigenvalue weighted by Gasteiger charge is 2.06. The number of halogens is 1. The second-order valence-corrected chi connectivity index (χ2v) is 9.79. The molecule has 0 radical (unpaired) electrons. The van der Waals surface area contributed by atoms with Crippen molar-refractivity contribution in [1.82, 2.24) is 0 Å². The number of carbonyl (C=O) groups excluding carboxylic acids is 1. The molecule has 0 bridgehead atoms. The molecule has 0 saturated heterocycles. The van der Waals surface area contributed by atoms with Gasteiger partial charge < -0.3 is 14.3 Å². The van der Waals surface area contributed by atoms with Crippen molar-refractivity contribution in [2.45, 2.75) is 162 Å². The van der Waals surface area contributed by atoms with Crippen molar-refractivity contribution in [3.63, 3.8) is 0 Å². The second kappa shape index (κ2) is 41.6. The van der Waals surface area contributed by atoms with Crippen LogP contribution < -0.4 is 0 Å². The Morgan fingerprint density at radius 1 is 0.600 bits per heavy atom. The lowest BCUT2D eigenvalue weighted by Gasteiger charge is -2.16. The van der Waals surface area contributed by atoms with Crippen molar-refractivity contribution < 1.29 is 19.0 Å². The molecule has 0 aliphatic heterocycles. The Bertz CT molecular complexity index is 657. The van der Waals surface area contributed by atoms with Crippen molar-refractivity contribution in [3.8, 4) is 23.7 Å². The smallest absolute Gasteiger partial charge is 0.157 e. The van der Waals surface area contributed by atoms with Gasteiger partial charge in [0, 0.05) is 32.5 Å². The van der Waals surface area contributed by atoms with E-state index in [1.54, 1.807) is 0 Å². The zero-order valence-electron chi connectivity index (χ0n) is 26.7. The van der Waals surface area contributed by atoms with E-state index in [4.69, 9.17) is 9.47 Å². The fourth-order valence-electron chi connectivity index (χ4n) is 4.00. The summed E-state index contributed by atoms with van der Waals surface area (Å²) in [6, 6.07) is 0. The number of aldehydes is 1. The number of hydrogen-bond acceptors (Lipinski definition) is 3. The molecule has 40 heavy (non-hydrogen) atoms. The molecule has 3 nitrogen and oxygen atoms in total. The van der Waals surface area contributed by atoms with Crippen LogP contribution in [0.25, 0.3) is 0 Å². The van der Waals surface area contributed by atoms with Crippen LogP contribution >= 0.6 is 0 Å². The largest absolute Gasteiger partial charge is 0.353 e. The summed E-state index contributed by atoms with van der Waals surface area (Å²) < 4.78 is 11.1. The van der Waals surface area contributed by atoms with Crippen LogP contribution in [0.15, 0.2) is 24.3 Å². The van der Waals surface area contributed by atoms with Crippen molar-refractivity contribution in [1.29, 1.82) is 0 Å². The molecule has 0 fully saturated rings. The summed E-state index contributed by atoms with van der Waals surface area (Å²) in [4.78, 5) is 10.1. The van der Waals surface area contributed by atoms with Gasteiger partial charge in [0.05, 0.1) is 0 Å². The molecule has 0 rings (SSSR count). The summed E-state index contributed by atoms with van der Waals surface area (Å²) in [6.07, 6.45) is 33.6. The minimum atomic E-state index is 0. The number of hydrogen-bond donors (Lipinski definition) is 0. The first-order valence-electron chi connectivity index (χ1n) is 16.2. The van der Waals surface area contributed by atoms with Crippen LogP contribution in [0.2, 0.25) is 0 Å². The van der Waals surface area contributed by atoms with Crippen LogP contribution in [-0.4, -0.2) is 25.8 Å². The number of unbranched alkanes of at least 4 members (excludes halogenated alkanes) is 15. The van der Waals surface area contributed by atoms with Gasteiger partial charge in [-0.15, -0.1) is 0 Å². The summed E-state index contributed by atoms with van der Waals surface area (Å²) in [5.41, 5.74) is 0. The highest BCUT2D eigenvalue weighted by atomic mass is 19.0. The van der Waals surface area contributed by atoms with Crippen LogP contribution in [0.4, 0.5) is 4.70 Å². The van der Waals surface area contributed by atoms with Gasteiger partial charge in [0.15, 0.2) is 6.29 Å². The highest BCUT2D eigenvalue weighted by molar-refractivity contribution is 5.48. The van der Waals surface area contributed by atoms with E-state index in [2.05, 4.69) is 54.9 Å². The molecule has 0 aromatic rings. The third-order valence-electron chi connectivity index (χ3n) is 6.17. The van der Waals surface area contributed by atoms with Gasteiger partial charge in [-0.05, 0) is 70.6 Å². The minimum absolute atomic E-state index is 0. The third-order valence-corrected chi connectivity index (χ3v) is 6.17. The quantitative estimate of drug-likeness (QED) is 0.0365. The summed E-state index contributed by atoms with van der Waals surface area (Å²) in [6.45, 7) is 9.71. The average molecular weight is 563 g/mol. The van der Waals surface area contributed by atoms with Gasteiger partial charge >= 0.3 is 0 Å². The fraction of sp³-hybridized carbons (Fsp3) is 0.750. The number of rotatable bonds is 25. The lowest BCUT2D eigenvalue weighted by atomic mass is 10.1. The van der Waals surface area contributed by atoms with Crippen LogP contribution in [-0.2, 0) is 14.3 Å². The molecule has 0 saturated carbocycles. The van der Waals surface area contributed by atoms with Crippen LogP contribution in [0.5, 0.6) is 0 Å². The molecular weight excluding hydrogens is 499 g/mol. The Hall–Kier alpha value is -1.88. The first-order chi connectivity index (χ1) is 19.3. The van der Waals surface area contributed by atoms with E-state index in [9.17, 15) is 4.79 Å². The Morgan fingerprint density at radius 3 is 1.65 bits per heavy atom. The molecule has 4 heteroatoms. The Labute approximate surface area is 248 Å². The molecule has 0 aliphatic carbocycles. The predicted molar refractivity (Wildman–Crippen MR) is 173 cm³/mol. The van der Waals surface area contributed by atoms with Crippen LogP contribution in [0, 0.1) is 23.7 Å². The second-order valence-electron chi connectivity index (χ2n) is 9.79. The van der Waals surface area contributed by atoms with E-state index in [0.29, 0.717) is 0 Å². The van der Waals surface area contributed by atoms with E-state index >= 15 is 0 Å². The molecule has 0 unspecified atom stereocenters. The average Bonchev–Trinajstić information content (AvgIpc) is 2.94. The highest BCUT2D eigenvalue weighted by Crippen LogP contribution is 2.13. The molecule has 0 aliphatic rings. The van der Waals surface area contributed by atoms with Crippen molar-refractivity contribution in [3.05, 3.63) is 24.3 Å². The third kappa shape index (κ3) is 40.6. The van der Waals surface area contributed by atoms with E-state index in [-0.39, 0.29) is 11.0 Å². The topological polar surface area (TPSA) is 35.5 Å². The summed E-state index contributed by atoms with van der Waals surface area (Å²) in [5.74, 6) is 11.8. The van der Waals surface area contributed by atoms with Gasteiger partial charge in [0.2, 0.25) is 0 Å². The van der Waals surface area contributed by atoms with Crippen molar-refractivity contribution in [2.24, 2.45) is 0 Å². The zero-order valence-corrected chi connectivity index (χ0v) is 26.7. The molecule has 0 N–H and O–H groups in total.